The number of carbonyl (C=O) groups is 2. The fraction of sp³-hybridized carbons (Fsp3) is 0.721. The summed E-state index contributed by atoms with van der Waals surface area (Å²) in [5.74, 6) is -0.664. The van der Waals surface area contributed by atoms with E-state index >= 15 is 0 Å². The van der Waals surface area contributed by atoms with Gasteiger partial charge in [-0.2, -0.15) is 0 Å². The molecule has 0 aliphatic carbocycles. The molecule has 0 spiro atoms. The number of allylic oxidation sites excluding steroid dienone is 10. The molecule has 5 heteroatoms. The predicted octanol–water partition coefficient (Wildman–Crippen LogP) is 12.4. The average molecular weight is 671 g/mol. The van der Waals surface area contributed by atoms with Gasteiger partial charge in [-0.05, 0) is 77.0 Å². The van der Waals surface area contributed by atoms with Gasteiger partial charge in [-0.15, -0.1) is 0 Å². The summed E-state index contributed by atoms with van der Waals surface area (Å²) >= 11 is 0. The minimum atomic E-state index is -0.802. The number of rotatable bonds is 35. The second-order valence-electron chi connectivity index (χ2n) is 13.0. The van der Waals surface area contributed by atoms with Crippen LogP contribution in [0.1, 0.15) is 181 Å². The maximum atomic E-state index is 12.1. The molecule has 0 aromatic rings. The molecule has 0 radical (unpaired) electrons. The summed E-state index contributed by atoms with van der Waals surface area (Å²) in [6, 6.07) is 0. The Hall–Kier alpha value is -2.40. The number of ether oxygens (including phenoxy) is 2. The Morgan fingerprint density at radius 2 is 0.854 bits per heavy atom. The standard InChI is InChI=1S/C43H74O5/c1-3-5-7-9-11-13-15-17-19-21-23-25-27-29-31-33-35-37-42(45)47-40-41(39-44)48-43(46)38-36-34-32-30-28-26-24-22-20-18-16-14-12-10-8-6-4-2/h11,13,17-20,24,26,30,32,41,44H,3-10,12,14-16,21-23,25,27-29,31,33-40H2,1-2H3. The first kappa shape index (κ1) is 45.6. The predicted molar refractivity (Wildman–Crippen MR) is 205 cm³/mol. The van der Waals surface area contributed by atoms with Crippen molar-refractivity contribution in [2.24, 2.45) is 0 Å². The van der Waals surface area contributed by atoms with Crippen molar-refractivity contribution >= 4 is 11.9 Å². The second kappa shape index (κ2) is 39.0. The highest BCUT2D eigenvalue weighted by atomic mass is 16.6. The first-order valence-electron chi connectivity index (χ1n) is 19.8. The number of aliphatic hydroxyl groups is 1. The van der Waals surface area contributed by atoms with E-state index in [9.17, 15) is 14.7 Å². The SMILES string of the molecule is CCCCCC=CCC=CCCCCCCCCCC(=O)OCC(CO)OC(=O)CCCC=CCC=CCC=CCCCCCCCC. The fourth-order valence-electron chi connectivity index (χ4n) is 5.25. The van der Waals surface area contributed by atoms with Crippen molar-refractivity contribution in [3.63, 3.8) is 0 Å². The Labute approximate surface area is 296 Å². The third-order valence-electron chi connectivity index (χ3n) is 8.28. The van der Waals surface area contributed by atoms with Crippen LogP contribution in [0, 0.1) is 0 Å². The van der Waals surface area contributed by atoms with Crippen molar-refractivity contribution in [2.75, 3.05) is 13.2 Å². The third-order valence-corrected chi connectivity index (χ3v) is 8.28. The third kappa shape index (κ3) is 36.4. The molecule has 0 aliphatic heterocycles. The van der Waals surface area contributed by atoms with Gasteiger partial charge in [0.1, 0.15) is 6.61 Å². The molecule has 0 saturated heterocycles. The van der Waals surface area contributed by atoms with Gasteiger partial charge in [-0.3, -0.25) is 9.59 Å². The molecule has 0 amide bonds. The first-order valence-corrected chi connectivity index (χ1v) is 19.8. The van der Waals surface area contributed by atoms with Crippen LogP contribution in [0.4, 0.5) is 0 Å². The summed E-state index contributed by atoms with van der Waals surface area (Å²) in [4.78, 5) is 24.2. The molecule has 0 fully saturated rings. The highest BCUT2D eigenvalue weighted by Gasteiger charge is 2.15. The molecule has 1 unspecified atom stereocenters. The van der Waals surface area contributed by atoms with E-state index in [0.29, 0.717) is 12.8 Å². The van der Waals surface area contributed by atoms with Crippen LogP contribution in [0.2, 0.25) is 0 Å². The molecule has 1 atom stereocenters. The molecule has 276 valence electrons. The van der Waals surface area contributed by atoms with Gasteiger partial charge < -0.3 is 14.6 Å². The highest BCUT2D eigenvalue weighted by molar-refractivity contribution is 5.70. The van der Waals surface area contributed by atoms with Crippen LogP contribution < -0.4 is 0 Å². The lowest BCUT2D eigenvalue weighted by molar-refractivity contribution is -0.161. The van der Waals surface area contributed by atoms with E-state index in [1.165, 1.54) is 96.3 Å². The minimum Gasteiger partial charge on any atom is -0.462 e. The zero-order valence-corrected chi connectivity index (χ0v) is 31.2. The van der Waals surface area contributed by atoms with Crippen LogP contribution in [0.15, 0.2) is 60.8 Å². The molecule has 0 aliphatic rings. The number of unbranched alkanes of at least 4 members (excludes halogenated alkanes) is 17. The van der Waals surface area contributed by atoms with Crippen molar-refractivity contribution in [1.29, 1.82) is 0 Å². The summed E-state index contributed by atoms with van der Waals surface area (Å²) < 4.78 is 10.6. The Morgan fingerprint density at radius 1 is 0.479 bits per heavy atom. The lowest BCUT2D eigenvalue weighted by Gasteiger charge is -2.15. The smallest absolute Gasteiger partial charge is 0.306 e. The quantitative estimate of drug-likeness (QED) is 0.0413. The Balaban J connectivity index is 3.67. The topological polar surface area (TPSA) is 72.8 Å². The highest BCUT2D eigenvalue weighted by Crippen LogP contribution is 2.12. The monoisotopic (exact) mass is 671 g/mol. The zero-order chi connectivity index (χ0) is 35.0. The van der Waals surface area contributed by atoms with Gasteiger partial charge in [-0.1, -0.05) is 152 Å². The van der Waals surface area contributed by atoms with E-state index in [0.717, 1.165) is 51.4 Å². The molecule has 5 nitrogen and oxygen atoms in total. The van der Waals surface area contributed by atoms with Crippen LogP contribution in [0.3, 0.4) is 0 Å². The number of hydrogen-bond acceptors (Lipinski definition) is 5. The van der Waals surface area contributed by atoms with E-state index in [-0.39, 0.29) is 31.6 Å². The van der Waals surface area contributed by atoms with E-state index in [1.807, 2.05) is 0 Å². The number of hydrogen-bond donors (Lipinski definition) is 1. The normalized spacial score (nSPS) is 12.8. The summed E-state index contributed by atoms with van der Waals surface area (Å²) in [5.41, 5.74) is 0. The first-order chi connectivity index (χ1) is 23.6. The summed E-state index contributed by atoms with van der Waals surface area (Å²) in [5, 5.41) is 9.54. The van der Waals surface area contributed by atoms with Crippen molar-refractivity contribution in [1.82, 2.24) is 0 Å². The lowest BCUT2D eigenvalue weighted by atomic mass is 10.1. The van der Waals surface area contributed by atoms with Crippen LogP contribution >= 0.6 is 0 Å². The molecule has 0 aromatic carbocycles. The van der Waals surface area contributed by atoms with Crippen LogP contribution in [0.25, 0.3) is 0 Å². The second-order valence-corrected chi connectivity index (χ2v) is 13.0. The number of carbonyl (C=O) groups excluding carboxylic acids is 2. The Kier molecular flexibility index (Phi) is 37.1. The van der Waals surface area contributed by atoms with Gasteiger partial charge in [0.2, 0.25) is 0 Å². The van der Waals surface area contributed by atoms with Gasteiger partial charge in [0, 0.05) is 12.8 Å². The molecule has 0 heterocycles. The number of aliphatic hydroxyl groups excluding tert-OH is 1. The maximum absolute atomic E-state index is 12.1. The largest absolute Gasteiger partial charge is 0.462 e. The van der Waals surface area contributed by atoms with Crippen molar-refractivity contribution in [3.05, 3.63) is 60.8 Å². The van der Waals surface area contributed by atoms with Crippen molar-refractivity contribution in [2.45, 2.75) is 187 Å². The molecule has 0 bridgehead atoms. The van der Waals surface area contributed by atoms with Gasteiger partial charge in [0.25, 0.3) is 0 Å². The Morgan fingerprint density at radius 3 is 1.35 bits per heavy atom. The fourth-order valence-corrected chi connectivity index (χ4v) is 5.25. The molecular weight excluding hydrogens is 596 g/mol. The van der Waals surface area contributed by atoms with Crippen LogP contribution in [0.5, 0.6) is 0 Å². The molecule has 48 heavy (non-hydrogen) atoms. The minimum absolute atomic E-state index is 0.0920. The van der Waals surface area contributed by atoms with E-state index in [2.05, 4.69) is 74.6 Å². The number of esters is 2. The molecular formula is C43H74O5. The molecule has 0 saturated carbocycles. The lowest BCUT2D eigenvalue weighted by Crippen LogP contribution is -2.28. The van der Waals surface area contributed by atoms with E-state index < -0.39 is 6.10 Å². The summed E-state index contributed by atoms with van der Waals surface area (Å²) in [6.45, 7) is 4.05. The van der Waals surface area contributed by atoms with Gasteiger partial charge in [0.15, 0.2) is 6.10 Å². The molecule has 0 rings (SSSR count). The van der Waals surface area contributed by atoms with Gasteiger partial charge >= 0.3 is 11.9 Å². The van der Waals surface area contributed by atoms with Crippen molar-refractivity contribution in [3.8, 4) is 0 Å². The molecule has 1 N–H and O–H groups in total. The van der Waals surface area contributed by atoms with E-state index in [1.54, 1.807) is 0 Å². The van der Waals surface area contributed by atoms with E-state index in [4.69, 9.17) is 9.47 Å². The maximum Gasteiger partial charge on any atom is 0.306 e. The average Bonchev–Trinajstić information content (AvgIpc) is 3.09. The van der Waals surface area contributed by atoms with Gasteiger partial charge in [0.05, 0.1) is 6.61 Å². The molecule has 0 aromatic heterocycles. The van der Waals surface area contributed by atoms with Crippen LogP contribution in [-0.4, -0.2) is 36.4 Å². The summed E-state index contributed by atoms with van der Waals surface area (Å²) in [6.07, 6.45) is 50.0. The van der Waals surface area contributed by atoms with Crippen molar-refractivity contribution < 1.29 is 24.2 Å². The van der Waals surface area contributed by atoms with Gasteiger partial charge in [-0.25, -0.2) is 0 Å². The summed E-state index contributed by atoms with van der Waals surface area (Å²) in [7, 11) is 0. The Bertz CT molecular complexity index is 853. The van der Waals surface area contributed by atoms with Crippen LogP contribution in [-0.2, 0) is 19.1 Å². The zero-order valence-electron chi connectivity index (χ0n) is 31.2.